The summed E-state index contributed by atoms with van der Waals surface area (Å²) in [5, 5.41) is 2.72. The van der Waals surface area contributed by atoms with Crippen molar-refractivity contribution in [3.05, 3.63) is 47.0 Å². The van der Waals surface area contributed by atoms with Gasteiger partial charge in [0, 0.05) is 11.9 Å². The average Bonchev–Trinajstić information content (AvgIpc) is 2.94. The van der Waals surface area contributed by atoms with Gasteiger partial charge in [-0.3, -0.25) is 4.79 Å². The van der Waals surface area contributed by atoms with Crippen LogP contribution in [0.1, 0.15) is 27.0 Å². The molecule has 0 aliphatic rings. The summed E-state index contributed by atoms with van der Waals surface area (Å²) >= 11 is 1.13. The summed E-state index contributed by atoms with van der Waals surface area (Å²) in [5.74, 6) is -0.589. The molecule has 0 saturated carbocycles. The van der Waals surface area contributed by atoms with Gasteiger partial charge in [-0.25, -0.2) is 9.17 Å². The van der Waals surface area contributed by atoms with Crippen LogP contribution in [0.5, 0.6) is 0 Å². The molecular weight excluding hydrogens is 264 g/mol. The molecule has 0 saturated heterocycles. The smallest absolute Gasteiger partial charge is 0.338 e. The Morgan fingerprint density at radius 2 is 2.00 bits per heavy atom. The third-order valence-electron chi connectivity index (χ3n) is 2.32. The Bertz CT molecular complexity index is 564. The number of nitrogens with zero attached hydrogens (tertiary/aromatic N) is 1. The molecule has 19 heavy (non-hydrogen) atoms. The number of esters is 1. The fraction of sp³-hybridized carbons (Fsp3) is 0.154. The highest BCUT2D eigenvalue weighted by Crippen LogP contribution is 2.13. The molecule has 0 aliphatic heterocycles. The molecule has 0 unspecified atom stereocenters. The lowest BCUT2D eigenvalue weighted by Gasteiger charge is -2.05. The molecule has 1 N–H and O–H groups in total. The lowest BCUT2D eigenvalue weighted by molar-refractivity contribution is 0.0526. The maximum absolute atomic E-state index is 11.8. The van der Waals surface area contributed by atoms with Crippen molar-refractivity contribution in [2.75, 3.05) is 11.9 Å². The summed E-state index contributed by atoms with van der Waals surface area (Å²) in [6.07, 6.45) is 1.57. The monoisotopic (exact) mass is 276 g/mol. The molecule has 1 amide bonds. The van der Waals surface area contributed by atoms with Gasteiger partial charge in [-0.05, 0) is 48.8 Å². The summed E-state index contributed by atoms with van der Waals surface area (Å²) in [6.45, 7) is 2.09. The van der Waals surface area contributed by atoms with Crippen molar-refractivity contribution in [1.29, 1.82) is 0 Å². The number of ether oxygens (including phenoxy) is 1. The molecule has 6 heteroatoms. The fourth-order valence-electron chi connectivity index (χ4n) is 1.43. The Morgan fingerprint density at radius 3 is 2.58 bits per heavy atom. The first-order chi connectivity index (χ1) is 9.20. The SMILES string of the molecule is CCOC(=O)c1ccc(NC(=O)c2ccns2)cc1. The van der Waals surface area contributed by atoms with Crippen molar-refractivity contribution in [1.82, 2.24) is 4.37 Å². The van der Waals surface area contributed by atoms with Crippen LogP contribution in [0.2, 0.25) is 0 Å². The van der Waals surface area contributed by atoms with Crippen molar-refractivity contribution in [3.63, 3.8) is 0 Å². The Kier molecular flexibility index (Phi) is 4.25. The van der Waals surface area contributed by atoms with Crippen molar-refractivity contribution in [2.45, 2.75) is 6.92 Å². The summed E-state index contributed by atoms with van der Waals surface area (Å²) in [7, 11) is 0. The third-order valence-corrected chi connectivity index (χ3v) is 3.06. The molecule has 0 fully saturated rings. The summed E-state index contributed by atoms with van der Waals surface area (Å²) < 4.78 is 8.74. The van der Waals surface area contributed by atoms with Gasteiger partial charge in [0.25, 0.3) is 5.91 Å². The minimum Gasteiger partial charge on any atom is -0.462 e. The van der Waals surface area contributed by atoms with Gasteiger partial charge in [0.05, 0.1) is 12.2 Å². The molecule has 1 aromatic heterocycles. The van der Waals surface area contributed by atoms with Gasteiger partial charge in [-0.1, -0.05) is 0 Å². The number of anilines is 1. The molecule has 2 rings (SSSR count). The van der Waals surface area contributed by atoms with Crippen LogP contribution >= 0.6 is 11.5 Å². The third kappa shape index (κ3) is 3.38. The van der Waals surface area contributed by atoms with Crippen LogP contribution in [0.15, 0.2) is 36.5 Å². The topological polar surface area (TPSA) is 68.3 Å². The highest BCUT2D eigenvalue weighted by atomic mass is 32.1. The second-order valence-electron chi connectivity index (χ2n) is 3.63. The van der Waals surface area contributed by atoms with Gasteiger partial charge in [-0.2, -0.15) is 0 Å². The largest absolute Gasteiger partial charge is 0.462 e. The van der Waals surface area contributed by atoms with Crippen LogP contribution in [0.4, 0.5) is 5.69 Å². The first kappa shape index (κ1) is 13.2. The molecule has 98 valence electrons. The van der Waals surface area contributed by atoms with Crippen molar-refractivity contribution in [3.8, 4) is 0 Å². The van der Waals surface area contributed by atoms with Crippen LogP contribution in [0.3, 0.4) is 0 Å². The molecule has 0 radical (unpaired) electrons. The maximum Gasteiger partial charge on any atom is 0.338 e. The predicted molar refractivity (Wildman–Crippen MR) is 72.5 cm³/mol. The number of rotatable bonds is 4. The summed E-state index contributed by atoms with van der Waals surface area (Å²) in [5.41, 5.74) is 1.07. The first-order valence-corrected chi connectivity index (χ1v) is 6.47. The van der Waals surface area contributed by atoms with E-state index in [1.165, 1.54) is 0 Å². The zero-order valence-electron chi connectivity index (χ0n) is 10.3. The van der Waals surface area contributed by atoms with Gasteiger partial charge < -0.3 is 10.1 Å². The molecule has 0 spiro atoms. The average molecular weight is 276 g/mol. The number of benzene rings is 1. The molecule has 0 atom stereocenters. The minimum atomic E-state index is -0.372. The van der Waals surface area contributed by atoms with E-state index in [4.69, 9.17) is 4.74 Å². The lowest BCUT2D eigenvalue weighted by Crippen LogP contribution is -2.10. The molecule has 0 aliphatic carbocycles. The van der Waals surface area contributed by atoms with E-state index >= 15 is 0 Å². The van der Waals surface area contributed by atoms with E-state index in [1.807, 2.05) is 0 Å². The number of carbonyl (C=O) groups excluding carboxylic acids is 2. The number of aromatic nitrogens is 1. The Morgan fingerprint density at radius 1 is 1.26 bits per heavy atom. The Hall–Kier alpha value is -2.21. The first-order valence-electron chi connectivity index (χ1n) is 5.70. The van der Waals surface area contributed by atoms with Crippen molar-refractivity contribution in [2.24, 2.45) is 0 Å². The minimum absolute atomic E-state index is 0.216. The maximum atomic E-state index is 11.8. The second kappa shape index (κ2) is 6.10. The standard InChI is InChI=1S/C13H12N2O3S/c1-2-18-13(17)9-3-5-10(6-4-9)15-12(16)11-7-8-14-19-11/h3-8H,2H2,1H3,(H,15,16). The highest BCUT2D eigenvalue weighted by molar-refractivity contribution is 7.08. The van der Waals surface area contributed by atoms with Gasteiger partial charge in [0.2, 0.25) is 0 Å². The number of carbonyl (C=O) groups is 2. The fourth-order valence-corrected chi connectivity index (χ4v) is 1.92. The summed E-state index contributed by atoms with van der Waals surface area (Å²) in [4.78, 5) is 23.7. The van der Waals surface area contributed by atoms with E-state index in [0.29, 0.717) is 22.7 Å². The Labute approximate surface area is 114 Å². The van der Waals surface area contributed by atoms with Crippen LogP contribution in [0.25, 0.3) is 0 Å². The normalized spacial score (nSPS) is 9.95. The Balaban J connectivity index is 2.03. The number of amides is 1. The number of hydrogen-bond donors (Lipinski definition) is 1. The molecule has 2 aromatic rings. The van der Waals surface area contributed by atoms with Gasteiger partial charge >= 0.3 is 5.97 Å². The molecule has 0 bridgehead atoms. The van der Waals surface area contributed by atoms with Gasteiger partial charge in [0.15, 0.2) is 0 Å². The van der Waals surface area contributed by atoms with Crippen LogP contribution < -0.4 is 5.32 Å². The van der Waals surface area contributed by atoms with E-state index in [9.17, 15) is 9.59 Å². The van der Waals surface area contributed by atoms with E-state index in [0.717, 1.165) is 11.5 Å². The zero-order valence-corrected chi connectivity index (χ0v) is 11.1. The second-order valence-corrected chi connectivity index (χ2v) is 4.46. The molecule has 1 heterocycles. The van der Waals surface area contributed by atoms with Gasteiger partial charge in [0.1, 0.15) is 4.88 Å². The van der Waals surface area contributed by atoms with Crippen molar-refractivity contribution < 1.29 is 14.3 Å². The quantitative estimate of drug-likeness (QED) is 0.871. The van der Waals surface area contributed by atoms with Crippen molar-refractivity contribution >= 4 is 29.1 Å². The number of nitrogens with one attached hydrogen (secondary N) is 1. The van der Waals surface area contributed by atoms with E-state index in [2.05, 4.69) is 9.69 Å². The zero-order chi connectivity index (χ0) is 13.7. The predicted octanol–water partition coefficient (Wildman–Crippen LogP) is 2.57. The van der Waals surface area contributed by atoms with E-state index in [-0.39, 0.29) is 11.9 Å². The van der Waals surface area contributed by atoms with Crippen LogP contribution in [-0.4, -0.2) is 22.9 Å². The van der Waals surface area contributed by atoms with Crippen LogP contribution in [0, 0.1) is 0 Å². The molecular formula is C13H12N2O3S. The van der Waals surface area contributed by atoms with E-state index in [1.54, 1.807) is 43.5 Å². The molecule has 5 nitrogen and oxygen atoms in total. The summed E-state index contributed by atoms with van der Waals surface area (Å²) in [6, 6.07) is 8.18. The van der Waals surface area contributed by atoms with Crippen LogP contribution in [-0.2, 0) is 4.74 Å². The molecule has 1 aromatic carbocycles. The van der Waals surface area contributed by atoms with E-state index < -0.39 is 0 Å². The van der Waals surface area contributed by atoms with Gasteiger partial charge in [-0.15, -0.1) is 0 Å². The lowest BCUT2D eigenvalue weighted by atomic mass is 10.2. The number of hydrogen-bond acceptors (Lipinski definition) is 5. The highest BCUT2D eigenvalue weighted by Gasteiger charge is 2.09.